The Bertz CT molecular complexity index is 856. The maximum absolute atomic E-state index is 5.94. The summed E-state index contributed by atoms with van der Waals surface area (Å²) in [6.07, 6.45) is 4.93. The van der Waals surface area contributed by atoms with Crippen molar-refractivity contribution in [1.82, 2.24) is 9.88 Å². The largest absolute Gasteiger partial charge is 0.465 e. The lowest BCUT2D eigenvalue weighted by molar-refractivity contribution is 0.408. The standard InChI is InChI=1S/C15H23N11O/c1-20-15(24-12(16)17)23-10-5-11(27-8-10)7-26(2)14(19)25-13(18)22-9-3-4-21-6-9/h3-6,8,21H,7H2,1-2H3,(H4,18,19,22,25)(H5,16,17,20,23,24). The van der Waals surface area contributed by atoms with Gasteiger partial charge in [-0.3, -0.25) is 4.99 Å². The van der Waals surface area contributed by atoms with Crippen molar-refractivity contribution in [3.05, 3.63) is 36.5 Å². The number of rotatable bonds is 4. The van der Waals surface area contributed by atoms with Gasteiger partial charge in [0.2, 0.25) is 11.9 Å². The van der Waals surface area contributed by atoms with Crippen LogP contribution in [0.25, 0.3) is 0 Å². The minimum Gasteiger partial charge on any atom is -0.465 e. The molecule has 2 rings (SSSR count). The van der Waals surface area contributed by atoms with Gasteiger partial charge in [0.25, 0.3) is 0 Å². The van der Waals surface area contributed by atoms with E-state index < -0.39 is 0 Å². The van der Waals surface area contributed by atoms with Gasteiger partial charge in [-0.25, -0.2) is 4.99 Å². The van der Waals surface area contributed by atoms with Gasteiger partial charge in [-0.1, -0.05) is 0 Å². The van der Waals surface area contributed by atoms with Crippen molar-refractivity contribution >= 4 is 35.2 Å². The van der Waals surface area contributed by atoms with E-state index in [1.807, 2.05) is 0 Å². The lowest BCUT2D eigenvalue weighted by Crippen LogP contribution is -2.35. The Kier molecular flexibility index (Phi) is 6.41. The van der Waals surface area contributed by atoms with Gasteiger partial charge in [0.05, 0.1) is 17.9 Å². The van der Waals surface area contributed by atoms with Gasteiger partial charge in [0.15, 0.2) is 11.9 Å². The Labute approximate surface area is 155 Å². The SMILES string of the molecule is CN=C(N=C(N)N)Nc1coc(CN(C)C(N)=NC(N)=Nc2cc[nH]c2)c1. The smallest absolute Gasteiger partial charge is 0.225 e. The molecule has 2 aromatic rings. The van der Waals surface area contributed by atoms with Crippen LogP contribution >= 0.6 is 0 Å². The highest BCUT2D eigenvalue weighted by molar-refractivity contribution is 6.01. The minimum absolute atomic E-state index is 0.0433. The number of guanidine groups is 4. The van der Waals surface area contributed by atoms with Crippen molar-refractivity contribution in [3.8, 4) is 0 Å². The number of nitrogens with zero attached hydrogens (tertiary/aromatic N) is 5. The molecule has 0 unspecified atom stereocenters. The Balaban J connectivity index is 1.99. The fraction of sp³-hybridized carbons (Fsp3) is 0.200. The Morgan fingerprint density at radius 1 is 1.26 bits per heavy atom. The van der Waals surface area contributed by atoms with Crippen LogP contribution in [0.4, 0.5) is 11.4 Å². The summed E-state index contributed by atoms with van der Waals surface area (Å²) in [5.41, 5.74) is 23.7. The van der Waals surface area contributed by atoms with Gasteiger partial charge >= 0.3 is 0 Å². The number of H-pyrrole nitrogens is 1. The zero-order valence-corrected chi connectivity index (χ0v) is 15.0. The predicted octanol–water partition coefficient (Wildman–Crippen LogP) is -0.328. The Hall–Kier alpha value is -3.96. The lowest BCUT2D eigenvalue weighted by atomic mass is 10.4. The summed E-state index contributed by atoms with van der Waals surface area (Å²) in [4.78, 5) is 20.5. The topological polar surface area (TPSA) is 198 Å². The zero-order valence-electron chi connectivity index (χ0n) is 15.0. The number of hydrogen-bond donors (Lipinski definition) is 6. The van der Waals surface area contributed by atoms with Gasteiger partial charge in [-0.2, -0.15) is 9.98 Å². The zero-order chi connectivity index (χ0) is 19.8. The van der Waals surface area contributed by atoms with Crippen molar-refractivity contribution in [2.75, 3.05) is 19.4 Å². The molecular formula is C15H23N11O. The molecule has 0 amide bonds. The fourth-order valence-electron chi connectivity index (χ4n) is 1.97. The van der Waals surface area contributed by atoms with E-state index in [4.69, 9.17) is 27.4 Å². The molecule has 0 saturated carbocycles. The molecule has 0 atom stereocenters. The highest BCUT2D eigenvalue weighted by Crippen LogP contribution is 2.15. The first-order valence-electron chi connectivity index (χ1n) is 7.80. The molecule has 10 N–H and O–H groups in total. The highest BCUT2D eigenvalue weighted by atomic mass is 16.3. The fourth-order valence-corrected chi connectivity index (χ4v) is 1.97. The van der Waals surface area contributed by atoms with Crippen LogP contribution in [0.2, 0.25) is 0 Å². The van der Waals surface area contributed by atoms with Crippen LogP contribution in [0.15, 0.2) is 55.2 Å². The van der Waals surface area contributed by atoms with E-state index in [1.54, 1.807) is 43.5 Å². The van der Waals surface area contributed by atoms with Gasteiger partial charge in [0.1, 0.15) is 12.0 Å². The number of nitrogens with one attached hydrogen (secondary N) is 2. The number of aliphatic imine (C=N–C) groups is 4. The van der Waals surface area contributed by atoms with Crippen molar-refractivity contribution < 1.29 is 4.42 Å². The van der Waals surface area contributed by atoms with E-state index in [1.165, 1.54) is 6.26 Å². The number of aromatic amines is 1. The molecule has 144 valence electrons. The Morgan fingerprint density at radius 3 is 2.67 bits per heavy atom. The van der Waals surface area contributed by atoms with E-state index >= 15 is 0 Å². The molecule has 0 bridgehead atoms. The van der Waals surface area contributed by atoms with E-state index in [-0.39, 0.29) is 23.8 Å². The summed E-state index contributed by atoms with van der Waals surface area (Å²) in [5.74, 6) is 1.01. The van der Waals surface area contributed by atoms with Crippen LogP contribution in [-0.2, 0) is 6.54 Å². The summed E-state index contributed by atoms with van der Waals surface area (Å²) >= 11 is 0. The summed E-state index contributed by atoms with van der Waals surface area (Å²) < 4.78 is 5.48. The molecule has 0 saturated heterocycles. The molecule has 0 spiro atoms. The molecule has 0 aliphatic heterocycles. The average molecular weight is 373 g/mol. The molecule has 27 heavy (non-hydrogen) atoms. The van der Waals surface area contributed by atoms with E-state index in [2.05, 4.69) is 30.3 Å². The molecule has 0 aliphatic carbocycles. The Morgan fingerprint density at radius 2 is 2.04 bits per heavy atom. The quantitative estimate of drug-likeness (QED) is 0.311. The summed E-state index contributed by atoms with van der Waals surface area (Å²) in [5, 5.41) is 2.93. The van der Waals surface area contributed by atoms with Crippen LogP contribution in [0, 0.1) is 0 Å². The van der Waals surface area contributed by atoms with E-state index in [0.717, 1.165) is 0 Å². The van der Waals surface area contributed by atoms with Crippen LogP contribution in [-0.4, -0.2) is 47.8 Å². The maximum atomic E-state index is 5.94. The van der Waals surface area contributed by atoms with Gasteiger partial charge in [-0.15, -0.1) is 0 Å². The second-order valence-corrected chi connectivity index (χ2v) is 5.38. The third kappa shape index (κ3) is 6.12. The number of aromatic nitrogens is 1. The first-order valence-corrected chi connectivity index (χ1v) is 7.80. The second-order valence-electron chi connectivity index (χ2n) is 5.38. The molecule has 2 aromatic heterocycles. The van der Waals surface area contributed by atoms with Gasteiger partial charge < -0.3 is 42.6 Å². The monoisotopic (exact) mass is 373 g/mol. The third-order valence-corrected chi connectivity index (χ3v) is 3.20. The molecule has 0 aromatic carbocycles. The molecule has 12 nitrogen and oxygen atoms in total. The first-order chi connectivity index (χ1) is 12.9. The number of furan rings is 1. The first kappa shape index (κ1) is 19.4. The van der Waals surface area contributed by atoms with Crippen LogP contribution in [0.5, 0.6) is 0 Å². The summed E-state index contributed by atoms with van der Waals surface area (Å²) in [6, 6.07) is 3.52. The van der Waals surface area contributed by atoms with E-state index in [9.17, 15) is 0 Å². The molecule has 0 fully saturated rings. The summed E-state index contributed by atoms with van der Waals surface area (Å²) in [7, 11) is 3.30. The lowest BCUT2D eigenvalue weighted by Gasteiger charge is -2.15. The highest BCUT2D eigenvalue weighted by Gasteiger charge is 2.09. The maximum Gasteiger partial charge on any atom is 0.225 e. The minimum atomic E-state index is -0.102. The van der Waals surface area contributed by atoms with Crippen molar-refractivity contribution in [2.45, 2.75) is 6.54 Å². The van der Waals surface area contributed by atoms with Gasteiger partial charge in [0, 0.05) is 32.6 Å². The van der Waals surface area contributed by atoms with Crippen LogP contribution in [0.1, 0.15) is 5.76 Å². The third-order valence-electron chi connectivity index (χ3n) is 3.20. The molecule has 12 heteroatoms. The van der Waals surface area contributed by atoms with Crippen LogP contribution < -0.4 is 28.3 Å². The van der Waals surface area contributed by atoms with Gasteiger partial charge in [-0.05, 0) is 6.07 Å². The average Bonchev–Trinajstić information content (AvgIpc) is 3.25. The van der Waals surface area contributed by atoms with Crippen LogP contribution in [0.3, 0.4) is 0 Å². The molecule has 0 aliphatic rings. The van der Waals surface area contributed by atoms with Crippen molar-refractivity contribution in [3.63, 3.8) is 0 Å². The van der Waals surface area contributed by atoms with Crippen molar-refractivity contribution in [1.29, 1.82) is 0 Å². The number of anilines is 1. The summed E-state index contributed by atoms with van der Waals surface area (Å²) in [6.45, 7) is 0.356. The predicted molar refractivity (Wildman–Crippen MR) is 107 cm³/mol. The molecule has 0 radical (unpaired) electrons. The normalized spacial score (nSPS) is 12.7. The molecule has 2 heterocycles. The second kappa shape index (κ2) is 8.94. The number of hydrogen-bond acceptors (Lipinski definition) is 3. The number of nitrogens with two attached hydrogens (primary N) is 4. The van der Waals surface area contributed by atoms with E-state index in [0.29, 0.717) is 23.7 Å². The van der Waals surface area contributed by atoms with Crippen molar-refractivity contribution in [2.24, 2.45) is 42.9 Å². The molecular weight excluding hydrogens is 350 g/mol.